The Morgan fingerprint density at radius 3 is 1.96 bits per heavy atom. The van der Waals surface area contributed by atoms with Crippen LogP contribution in [0.1, 0.15) is 48.5 Å². The Bertz CT molecular complexity index is 585. The Kier molecular flexibility index (Phi) is 6.16. The van der Waals surface area contributed by atoms with Crippen LogP contribution in [0.3, 0.4) is 0 Å². The zero-order valence-corrected chi connectivity index (χ0v) is 18.5. The molecule has 0 bridgehead atoms. The number of hydrogen-bond acceptors (Lipinski definition) is 0. The molecule has 24 heavy (non-hydrogen) atoms. The van der Waals surface area contributed by atoms with Crippen LogP contribution in [-0.2, 0) is 0 Å². The van der Waals surface area contributed by atoms with Gasteiger partial charge in [0.25, 0.3) is 0 Å². The molecule has 0 aromatic heterocycles. The van der Waals surface area contributed by atoms with E-state index in [4.69, 9.17) is 0 Å². The van der Waals surface area contributed by atoms with Gasteiger partial charge in [-0.25, -0.2) is 0 Å². The van der Waals surface area contributed by atoms with Crippen LogP contribution in [0.5, 0.6) is 0 Å². The Morgan fingerprint density at radius 2 is 1.46 bits per heavy atom. The molecule has 1 aliphatic carbocycles. The summed E-state index contributed by atoms with van der Waals surface area (Å²) in [7, 11) is -0.353. The molecule has 0 radical (unpaired) electrons. The fraction of sp³-hybridized carbons (Fsp3) is 0.545. The Morgan fingerprint density at radius 1 is 0.917 bits per heavy atom. The second kappa shape index (κ2) is 7.43. The molecule has 2 rings (SSSR count). The van der Waals surface area contributed by atoms with Crippen molar-refractivity contribution in [2.75, 3.05) is 6.66 Å². The van der Waals surface area contributed by atoms with Gasteiger partial charge in [-0.3, -0.25) is 0 Å². The van der Waals surface area contributed by atoms with Gasteiger partial charge >= 0.3 is 0 Å². The molecule has 1 aliphatic rings. The smallest absolute Gasteiger partial charge is 0.00939 e. The first-order valence-electron chi connectivity index (χ1n) is 9.00. The molecule has 3 unspecified atom stereocenters. The summed E-state index contributed by atoms with van der Waals surface area (Å²) in [6.45, 7) is 19.6. The fourth-order valence-corrected chi connectivity index (χ4v) is 11.6. The topological polar surface area (TPSA) is 0 Å². The molecule has 1 aromatic rings. The van der Waals surface area contributed by atoms with E-state index in [1.165, 1.54) is 5.30 Å². The maximum atomic E-state index is 2.50. The quantitative estimate of drug-likeness (QED) is 0.509. The first-order valence-corrected chi connectivity index (χ1v) is 12.2. The van der Waals surface area contributed by atoms with E-state index < -0.39 is 0 Å². The lowest BCUT2D eigenvalue weighted by Crippen LogP contribution is -2.33. The first-order chi connectivity index (χ1) is 11.0. The highest BCUT2D eigenvalue weighted by molar-refractivity contribution is 7.69. The lowest BCUT2D eigenvalue weighted by molar-refractivity contribution is 0.658. The van der Waals surface area contributed by atoms with Crippen LogP contribution in [0.25, 0.3) is 0 Å². The Balaban J connectivity index is 2.30. The van der Waals surface area contributed by atoms with Crippen molar-refractivity contribution in [3.05, 3.63) is 53.9 Å². The van der Waals surface area contributed by atoms with Gasteiger partial charge in [0.05, 0.1) is 0 Å². The molecule has 3 atom stereocenters. The molecule has 0 fully saturated rings. The molecule has 0 aliphatic heterocycles. The van der Waals surface area contributed by atoms with Crippen LogP contribution in [0.15, 0.2) is 53.9 Å². The van der Waals surface area contributed by atoms with E-state index in [0.717, 1.165) is 0 Å². The third kappa shape index (κ3) is 4.39. The van der Waals surface area contributed by atoms with Crippen molar-refractivity contribution in [2.24, 2.45) is 5.92 Å². The lowest BCUT2D eigenvalue weighted by atomic mass is 10.1. The number of rotatable bonds is 4. The van der Waals surface area contributed by atoms with Crippen molar-refractivity contribution in [1.82, 2.24) is 0 Å². The highest BCUT2D eigenvalue weighted by Gasteiger charge is 2.42. The standard InChI is InChI=1S/C22H34P2/c1-17(24(21(2,3)4)22(5,6)7)19-15-12-16-20(19)23(8)18-13-10-9-11-14-18/h9-17,19H,1-8H3. The Labute approximate surface area is 152 Å². The summed E-state index contributed by atoms with van der Waals surface area (Å²) in [5.74, 6) is 0.603. The predicted octanol–water partition coefficient (Wildman–Crippen LogP) is 6.96. The molecular weight excluding hydrogens is 326 g/mol. The molecule has 0 N–H and O–H groups in total. The van der Waals surface area contributed by atoms with Crippen LogP contribution >= 0.6 is 15.8 Å². The highest BCUT2D eigenvalue weighted by Crippen LogP contribution is 2.66. The van der Waals surface area contributed by atoms with Gasteiger partial charge in [-0.05, 0) is 33.3 Å². The molecule has 0 saturated heterocycles. The molecule has 0 amide bonds. The molecule has 0 spiro atoms. The monoisotopic (exact) mass is 360 g/mol. The SMILES string of the molecule is CC(C1C=CC=C1P(C)c1ccccc1)P(C(C)(C)C)C(C)(C)C. The minimum Gasteiger partial charge on any atom is -0.0918 e. The van der Waals surface area contributed by atoms with Crippen LogP contribution < -0.4 is 5.30 Å². The molecular formula is C22H34P2. The number of allylic oxidation sites excluding steroid dienone is 4. The normalized spacial score (nSPS) is 21.0. The first kappa shape index (κ1) is 19.9. The van der Waals surface area contributed by atoms with Crippen molar-refractivity contribution < 1.29 is 0 Å². The largest absolute Gasteiger partial charge is 0.0918 e. The van der Waals surface area contributed by atoms with Gasteiger partial charge in [-0.15, -0.1) is 0 Å². The van der Waals surface area contributed by atoms with Crippen LogP contribution in [0.2, 0.25) is 0 Å². The van der Waals surface area contributed by atoms with Crippen LogP contribution in [0, 0.1) is 5.92 Å². The summed E-state index contributed by atoms with van der Waals surface area (Å²) < 4.78 is 0. The molecule has 0 heterocycles. The average molecular weight is 360 g/mol. The van der Waals surface area contributed by atoms with Crippen molar-refractivity contribution in [2.45, 2.75) is 64.4 Å². The van der Waals surface area contributed by atoms with E-state index in [9.17, 15) is 0 Å². The van der Waals surface area contributed by atoms with E-state index in [-0.39, 0.29) is 15.8 Å². The van der Waals surface area contributed by atoms with Gasteiger partial charge in [0.1, 0.15) is 0 Å². The summed E-state index contributed by atoms with van der Waals surface area (Å²) in [6, 6.07) is 11.1. The van der Waals surface area contributed by atoms with E-state index in [2.05, 4.69) is 104 Å². The molecule has 2 heteroatoms. The molecule has 132 valence electrons. The van der Waals surface area contributed by atoms with E-state index in [1.54, 1.807) is 5.31 Å². The van der Waals surface area contributed by atoms with Crippen molar-refractivity contribution in [1.29, 1.82) is 0 Å². The van der Waals surface area contributed by atoms with Gasteiger partial charge < -0.3 is 0 Å². The van der Waals surface area contributed by atoms with E-state index in [0.29, 0.717) is 21.9 Å². The van der Waals surface area contributed by atoms with Gasteiger partial charge in [0.2, 0.25) is 0 Å². The number of benzene rings is 1. The zero-order chi connectivity index (χ0) is 18.1. The summed E-state index contributed by atoms with van der Waals surface area (Å²) in [5, 5.41) is 3.90. The molecule has 0 nitrogen and oxygen atoms in total. The fourth-order valence-electron chi connectivity index (χ4n) is 4.42. The second-order valence-electron chi connectivity index (χ2n) is 8.85. The van der Waals surface area contributed by atoms with Gasteiger partial charge in [-0.2, -0.15) is 0 Å². The van der Waals surface area contributed by atoms with Crippen LogP contribution in [0.4, 0.5) is 0 Å². The van der Waals surface area contributed by atoms with Gasteiger partial charge in [0, 0.05) is 5.92 Å². The summed E-state index contributed by atoms with van der Waals surface area (Å²) >= 11 is 0. The molecule has 0 saturated carbocycles. The Hall–Kier alpha value is -0.440. The minimum atomic E-state index is -0.236. The zero-order valence-electron chi connectivity index (χ0n) is 16.7. The third-order valence-electron chi connectivity index (χ3n) is 4.83. The average Bonchev–Trinajstić information content (AvgIpc) is 2.93. The van der Waals surface area contributed by atoms with Crippen molar-refractivity contribution >= 4 is 21.1 Å². The van der Waals surface area contributed by atoms with Crippen molar-refractivity contribution in [3.63, 3.8) is 0 Å². The summed E-state index contributed by atoms with van der Waals surface area (Å²) in [4.78, 5) is 0. The van der Waals surface area contributed by atoms with Crippen molar-refractivity contribution in [3.8, 4) is 0 Å². The summed E-state index contributed by atoms with van der Waals surface area (Å²) in [6.07, 6.45) is 7.17. The van der Waals surface area contributed by atoms with Gasteiger partial charge in [0.15, 0.2) is 0 Å². The predicted molar refractivity (Wildman–Crippen MR) is 116 cm³/mol. The maximum absolute atomic E-state index is 2.50. The summed E-state index contributed by atoms with van der Waals surface area (Å²) in [5.41, 5.74) is 0.707. The third-order valence-corrected chi connectivity index (χ3v) is 11.2. The second-order valence-corrected chi connectivity index (χ2v) is 15.2. The van der Waals surface area contributed by atoms with E-state index >= 15 is 0 Å². The minimum absolute atomic E-state index is 0.117. The van der Waals surface area contributed by atoms with Crippen LogP contribution in [-0.4, -0.2) is 22.6 Å². The number of hydrogen-bond donors (Lipinski definition) is 0. The highest BCUT2D eigenvalue weighted by atomic mass is 31.1. The lowest BCUT2D eigenvalue weighted by Gasteiger charge is -2.47. The van der Waals surface area contributed by atoms with E-state index in [1.807, 2.05) is 0 Å². The molecule has 1 aromatic carbocycles. The maximum Gasteiger partial charge on any atom is 0.00939 e. The van der Waals surface area contributed by atoms with Gasteiger partial charge in [-0.1, -0.05) is 113 Å².